The van der Waals surface area contributed by atoms with Gasteiger partial charge in [-0.05, 0) is 37.3 Å². The van der Waals surface area contributed by atoms with Gasteiger partial charge in [0.2, 0.25) is 5.91 Å². The first-order valence-electron chi connectivity index (χ1n) is 7.46. The highest BCUT2D eigenvalue weighted by molar-refractivity contribution is 8.00. The molecule has 2 aromatic carbocycles. The predicted octanol–water partition coefficient (Wildman–Crippen LogP) is 3.99. The number of hydrogen-bond acceptors (Lipinski definition) is 4. The number of hydrogen-bond donors (Lipinski definition) is 1. The molecule has 0 aliphatic carbocycles. The molecule has 132 valence electrons. The number of amides is 1. The van der Waals surface area contributed by atoms with Crippen LogP contribution in [0.3, 0.4) is 0 Å². The van der Waals surface area contributed by atoms with Gasteiger partial charge < -0.3 is 14.8 Å². The SMILES string of the molecule is C[C@@H](Sc1ccc2c(c1)OCCO2)C(=O)Nc1ccc(F)c(F)c1F. The first kappa shape index (κ1) is 17.5. The van der Waals surface area contributed by atoms with Crippen molar-refractivity contribution in [1.82, 2.24) is 0 Å². The number of fused-ring (bicyclic) bond motifs is 1. The van der Waals surface area contributed by atoms with E-state index in [9.17, 15) is 18.0 Å². The van der Waals surface area contributed by atoms with E-state index in [-0.39, 0.29) is 0 Å². The fourth-order valence-corrected chi connectivity index (χ4v) is 3.11. The van der Waals surface area contributed by atoms with Crippen LogP contribution in [0.1, 0.15) is 6.92 Å². The predicted molar refractivity (Wildman–Crippen MR) is 87.7 cm³/mol. The van der Waals surface area contributed by atoms with Gasteiger partial charge in [0.1, 0.15) is 13.2 Å². The van der Waals surface area contributed by atoms with Gasteiger partial charge in [-0.15, -0.1) is 11.8 Å². The maximum absolute atomic E-state index is 13.6. The molecule has 1 aliphatic rings. The molecule has 0 saturated carbocycles. The third-order valence-electron chi connectivity index (χ3n) is 3.49. The largest absolute Gasteiger partial charge is 0.486 e. The monoisotopic (exact) mass is 369 g/mol. The summed E-state index contributed by atoms with van der Waals surface area (Å²) in [7, 11) is 0. The molecule has 1 amide bonds. The summed E-state index contributed by atoms with van der Waals surface area (Å²) in [6.45, 7) is 2.55. The number of ether oxygens (including phenoxy) is 2. The van der Waals surface area contributed by atoms with E-state index in [1.807, 2.05) is 0 Å². The van der Waals surface area contributed by atoms with Crippen molar-refractivity contribution in [2.45, 2.75) is 17.1 Å². The summed E-state index contributed by atoms with van der Waals surface area (Å²) >= 11 is 1.22. The molecule has 1 N–H and O–H groups in total. The van der Waals surface area contributed by atoms with Crippen molar-refractivity contribution >= 4 is 23.4 Å². The van der Waals surface area contributed by atoms with E-state index in [0.29, 0.717) is 24.7 Å². The maximum atomic E-state index is 13.6. The summed E-state index contributed by atoms with van der Waals surface area (Å²) in [5.74, 6) is -3.67. The molecule has 0 radical (unpaired) electrons. The zero-order chi connectivity index (χ0) is 18.0. The Balaban J connectivity index is 1.68. The molecule has 0 unspecified atom stereocenters. The third kappa shape index (κ3) is 3.84. The van der Waals surface area contributed by atoms with E-state index in [4.69, 9.17) is 9.47 Å². The molecule has 8 heteroatoms. The van der Waals surface area contributed by atoms with E-state index in [2.05, 4.69) is 5.32 Å². The molecule has 0 aromatic heterocycles. The van der Waals surface area contributed by atoms with Crippen LogP contribution in [0.25, 0.3) is 0 Å². The summed E-state index contributed by atoms with van der Waals surface area (Å²) in [6.07, 6.45) is 0. The standard InChI is InChI=1S/C17H14F3NO3S/c1-9(17(22)21-12-4-3-11(18)15(19)16(12)20)25-10-2-5-13-14(8-10)24-7-6-23-13/h2-5,8-9H,6-7H2,1H3,(H,21,22)/t9-/m1/s1. The summed E-state index contributed by atoms with van der Waals surface area (Å²) in [5.41, 5.74) is -0.404. The summed E-state index contributed by atoms with van der Waals surface area (Å²) in [6, 6.07) is 7.01. The van der Waals surface area contributed by atoms with Crippen LogP contribution in [0.5, 0.6) is 11.5 Å². The molecule has 3 rings (SSSR count). The highest BCUT2D eigenvalue weighted by atomic mass is 32.2. The second-order valence-corrected chi connectivity index (χ2v) is 6.69. The number of halogens is 3. The van der Waals surface area contributed by atoms with Crippen molar-refractivity contribution in [3.05, 3.63) is 47.8 Å². The highest BCUT2D eigenvalue weighted by Crippen LogP contribution is 2.35. The van der Waals surface area contributed by atoms with Gasteiger partial charge in [0.15, 0.2) is 29.0 Å². The highest BCUT2D eigenvalue weighted by Gasteiger charge is 2.20. The fourth-order valence-electron chi connectivity index (χ4n) is 2.21. The van der Waals surface area contributed by atoms with Gasteiger partial charge in [-0.3, -0.25) is 4.79 Å². The maximum Gasteiger partial charge on any atom is 0.237 e. The van der Waals surface area contributed by atoms with Gasteiger partial charge in [0.05, 0.1) is 10.9 Å². The number of benzene rings is 2. The molecule has 4 nitrogen and oxygen atoms in total. The Morgan fingerprint density at radius 3 is 2.56 bits per heavy atom. The Labute approximate surface area is 146 Å². The molecule has 0 fully saturated rings. The second kappa shape index (κ2) is 7.26. The van der Waals surface area contributed by atoms with Gasteiger partial charge in [-0.1, -0.05) is 0 Å². The molecule has 1 atom stereocenters. The summed E-state index contributed by atoms with van der Waals surface area (Å²) < 4.78 is 50.7. The van der Waals surface area contributed by atoms with Gasteiger partial charge >= 0.3 is 0 Å². The Bertz CT molecular complexity index is 816. The molecule has 25 heavy (non-hydrogen) atoms. The van der Waals surface area contributed by atoms with Crippen molar-refractivity contribution in [3.8, 4) is 11.5 Å². The summed E-state index contributed by atoms with van der Waals surface area (Å²) in [5, 5.41) is 1.66. The number of anilines is 1. The average molecular weight is 369 g/mol. The molecule has 1 heterocycles. The lowest BCUT2D eigenvalue weighted by molar-refractivity contribution is -0.115. The number of carbonyl (C=O) groups is 1. The van der Waals surface area contributed by atoms with Crippen LogP contribution in [0, 0.1) is 17.5 Å². The van der Waals surface area contributed by atoms with Crippen molar-refractivity contribution in [1.29, 1.82) is 0 Å². The topological polar surface area (TPSA) is 47.6 Å². The van der Waals surface area contributed by atoms with Gasteiger partial charge in [-0.25, -0.2) is 13.2 Å². The number of carbonyl (C=O) groups excluding carboxylic acids is 1. The van der Waals surface area contributed by atoms with E-state index in [0.717, 1.165) is 17.0 Å². The van der Waals surface area contributed by atoms with Crippen LogP contribution < -0.4 is 14.8 Å². The van der Waals surface area contributed by atoms with Crippen LogP contribution in [0.2, 0.25) is 0 Å². The minimum Gasteiger partial charge on any atom is -0.486 e. The third-order valence-corrected chi connectivity index (χ3v) is 4.58. The van der Waals surface area contributed by atoms with E-state index < -0.39 is 34.3 Å². The number of rotatable bonds is 4. The lowest BCUT2D eigenvalue weighted by Gasteiger charge is -2.19. The van der Waals surface area contributed by atoms with Gasteiger partial charge in [-0.2, -0.15) is 0 Å². The normalized spacial score (nSPS) is 14.1. The molecule has 1 aliphatic heterocycles. The van der Waals surface area contributed by atoms with Crippen LogP contribution in [-0.2, 0) is 4.79 Å². The first-order chi connectivity index (χ1) is 12.0. The molecular weight excluding hydrogens is 355 g/mol. The molecule has 2 aromatic rings. The Kier molecular flexibility index (Phi) is 5.08. The average Bonchev–Trinajstić information content (AvgIpc) is 2.62. The van der Waals surface area contributed by atoms with Crippen LogP contribution in [0.4, 0.5) is 18.9 Å². The van der Waals surface area contributed by atoms with E-state index >= 15 is 0 Å². The zero-order valence-electron chi connectivity index (χ0n) is 13.1. The summed E-state index contributed by atoms with van der Waals surface area (Å²) in [4.78, 5) is 12.9. The lowest BCUT2D eigenvalue weighted by atomic mass is 10.2. The Morgan fingerprint density at radius 2 is 1.80 bits per heavy atom. The molecule has 0 bridgehead atoms. The van der Waals surface area contributed by atoms with Crippen molar-refractivity contribution in [3.63, 3.8) is 0 Å². The molecule has 0 spiro atoms. The van der Waals surface area contributed by atoms with Crippen LogP contribution in [0.15, 0.2) is 35.2 Å². The fraction of sp³-hybridized carbons (Fsp3) is 0.235. The smallest absolute Gasteiger partial charge is 0.237 e. The number of nitrogens with one attached hydrogen (secondary N) is 1. The van der Waals surface area contributed by atoms with Crippen molar-refractivity contribution in [2.75, 3.05) is 18.5 Å². The van der Waals surface area contributed by atoms with Crippen molar-refractivity contribution < 1.29 is 27.4 Å². The second-order valence-electron chi connectivity index (χ2n) is 5.28. The minimum absolute atomic E-state index is 0.404. The Morgan fingerprint density at radius 1 is 1.08 bits per heavy atom. The molecular formula is C17H14F3NO3S. The van der Waals surface area contributed by atoms with Crippen LogP contribution >= 0.6 is 11.8 Å². The first-order valence-corrected chi connectivity index (χ1v) is 8.34. The van der Waals surface area contributed by atoms with E-state index in [1.165, 1.54) is 11.8 Å². The Hall–Kier alpha value is -2.35. The van der Waals surface area contributed by atoms with Crippen LogP contribution in [-0.4, -0.2) is 24.4 Å². The van der Waals surface area contributed by atoms with Crippen molar-refractivity contribution in [2.24, 2.45) is 0 Å². The molecule has 0 saturated heterocycles. The van der Waals surface area contributed by atoms with Gasteiger partial charge in [0.25, 0.3) is 0 Å². The number of thioether (sulfide) groups is 1. The quantitative estimate of drug-likeness (QED) is 0.654. The van der Waals surface area contributed by atoms with E-state index in [1.54, 1.807) is 25.1 Å². The van der Waals surface area contributed by atoms with Gasteiger partial charge in [0, 0.05) is 4.90 Å². The lowest BCUT2D eigenvalue weighted by Crippen LogP contribution is -2.23. The zero-order valence-corrected chi connectivity index (χ0v) is 14.0. The minimum atomic E-state index is -1.62.